The number of aromatic nitrogens is 1. The number of anilines is 1. The fourth-order valence-corrected chi connectivity index (χ4v) is 6.83. The molecule has 1 amide bonds. The standard InChI is InChI=1S/C30H36N4O2S2/c1-5-14-33-27(32-15-12-23(13-16-32)17-22-10-8-7-9-11-22)24(21(4)25(19-31)28(33)35)18-26-29(36)34(20(3)6-2)30(37)38-26/h7-11,18,20,23H,5-6,12-17H2,1-4H3/b26-18-. The van der Waals surface area contributed by atoms with Gasteiger partial charge in [0.25, 0.3) is 11.5 Å². The SMILES string of the molecule is CCCn1c(N2CCC(Cc3ccccc3)CC2)c(/C=C2\SC(=S)N(C(C)CC)C2=O)c(C)c(C#N)c1=O. The Hall–Kier alpha value is -2.89. The molecule has 3 heterocycles. The maximum Gasteiger partial charge on any atom is 0.270 e. The summed E-state index contributed by atoms with van der Waals surface area (Å²) < 4.78 is 2.31. The van der Waals surface area contributed by atoms with Crippen LogP contribution in [0.4, 0.5) is 5.82 Å². The van der Waals surface area contributed by atoms with Crippen molar-refractivity contribution in [3.05, 3.63) is 67.8 Å². The summed E-state index contributed by atoms with van der Waals surface area (Å²) in [6.45, 7) is 10.0. The molecular weight excluding hydrogens is 512 g/mol. The van der Waals surface area contributed by atoms with Crippen LogP contribution < -0.4 is 10.5 Å². The van der Waals surface area contributed by atoms with Crippen molar-refractivity contribution in [3.8, 4) is 6.07 Å². The zero-order chi connectivity index (χ0) is 27.4. The lowest BCUT2D eigenvalue weighted by Gasteiger charge is -2.36. The van der Waals surface area contributed by atoms with E-state index in [-0.39, 0.29) is 23.1 Å². The van der Waals surface area contributed by atoms with Gasteiger partial charge in [-0.2, -0.15) is 5.26 Å². The molecular formula is C30H36N4O2S2. The summed E-state index contributed by atoms with van der Waals surface area (Å²) in [4.78, 5) is 31.3. The van der Waals surface area contributed by atoms with E-state index in [0.29, 0.717) is 27.3 Å². The van der Waals surface area contributed by atoms with Crippen molar-refractivity contribution in [2.24, 2.45) is 5.92 Å². The number of carbonyl (C=O) groups excluding carboxylic acids is 1. The van der Waals surface area contributed by atoms with E-state index in [1.807, 2.05) is 39.8 Å². The number of piperidine rings is 1. The Labute approximate surface area is 235 Å². The molecule has 1 aromatic carbocycles. The molecule has 0 radical (unpaired) electrons. The van der Waals surface area contributed by atoms with Gasteiger partial charge in [0.05, 0.1) is 4.91 Å². The molecule has 6 nitrogen and oxygen atoms in total. The summed E-state index contributed by atoms with van der Waals surface area (Å²) in [6, 6.07) is 12.7. The summed E-state index contributed by atoms with van der Waals surface area (Å²) in [7, 11) is 0. The van der Waals surface area contributed by atoms with Gasteiger partial charge in [0.1, 0.15) is 21.8 Å². The fraction of sp³-hybridized carbons (Fsp3) is 0.467. The van der Waals surface area contributed by atoms with Crippen molar-refractivity contribution >= 4 is 46.1 Å². The number of benzene rings is 1. The van der Waals surface area contributed by atoms with Crippen molar-refractivity contribution in [2.75, 3.05) is 18.0 Å². The number of hydrogen-bond donors (Lipinski definition) is 0. The van der Waals surface area contributed by atoms with Crippen molar-refractivity contribution in [1.29, 1.82) is 5.26 Å². The summed E-state index contributed by atoms with van der Waals surface area (Å²) in [6.07, 6.45) is 6.53. The minimum atomic E-state index is -0.252. The molecule has 38 heavy (non-hydrogen) atoms. The number of pyridine rings is 1. The molecule has 1 aromatic heterocycles. The lowest BCUT2D eigenvalue weighted by Crippen LogP contribution is -2.40. The van der Waals surface area contributed by atoms with Crippen LogP contribution in [0.5, 0.6) is 0 Å². The number of nitrogens with zero attached hydrogens (tertiary/aromatic N) is 4. The molecule has 4 rings (SSSR count). The van der Waals surface area contributed by atoms with Crippen molar-refractivity contribution < 1.29 is 4.79 Å². The molecule has 0 spiro atoms. The Kier molecular flexibility index (Phi) is 9.11. The smallest absolute Gasteiger partial charge is 0.270 e. The van der Waals surface area contributed by atoms with Gasteiger partial charge in [-0.25, -0.2) is 0 Å². The third-order valence-corrected chi connectivity index (χ3v) is 9.04. The van der Waals surface area contributed by atoms with Crippen LogP contribution in [0.25, 0.3) is 6.08 Å². The molecule has 2 saturated heterocycles. The number of hydrogen-bond acceptors (Lipinski definition) is 6. The monoisotopic (exact) mass is 548 g/mol. The molecule has 2 aromatic rings. The van der Waals surface area contributed by atoms with Gasteiger partial charge in [-0.05, 0) is 69.1 Å². The molecule has 1 atom stereocenters. The molecule has 2 aliphatic heterocycles. The molecule has 8 heteroatoms. The third-order valence-electron chi connectivity index (χ3n) is 7.71. The average molecular weight is 549 g/mol. The molecule has 1 unspecified atom stereocenters. The highest BCUT2D eigenvalue weighted by molar-refractivity contribution is 8.26. The van der Waals surface area contributed by atoms with Crippen LogP contribution in [0.2, 0.25) is 0 Å². The number of amides is 1. The highest BCUT2D eigenvalue weighted by Crippen LogP contribution is 2.38. The predicted molar refractivity (Wildman–Crippen MR) is 160 cm³/mol. The predicted octanol–water partition coefficient (Wildman–Crippen LogP) is 5.90. The number of carbonyl (C=O) groups is 1. The fourth-order valence-electron chi connectivity index (χ4n) is 5.39. The minimum Gasteiger partial charge on any atom is -0.357 e. The first kappa shape index (κ1) is 28.1. The summed E-state index contributed by atoms with van der Waals surface area (Å²) in [5.74, 6) is 1.29. The number of nitriles is 1. The van der Waals surface area contributed by atoms with Crippen LogP contribution in [0.1, 0.15) is 68.7 Å². The van der Waals surface area contributed by atoms with Gasteiger partial charge in [-0.1, -0.05) is 68.2 Å². The van der Waals surface area contributed by atoms with Crippen molar-refractivity contribution in [3.63, 3.8) is 0 Å². The van der Waals surface area contributed by atoms with Crippen LogP contribution >= 0.6 is 24.0 Å². The van der Waals surface area contributed by atoms with Gasteiger partial charge in [-0.3, -0.25) is 19.1 Å². The van der Waals surface area contributed by atoms with Crippen LogP contribution in [0.3, 0.4) is 0 Å². The van der Waals surface area contributed by atoms with Gasteiger partial charge >= 0.3 is 0 Å². The second-order valence-corrected chi connectivity index (χ2v) is 11.9. The van der Waals surface area contributed by atoms with E-state index in [1.165, 1.54) is 17.3 Å². The van der Waals surface area contributed by atoms with E-state index in [2.05, 4.69) is 35.2 Å². The Balaban J connectivity index is 1.74. The Morgan fingerprint density at radius 3 is 2.47 bits per heavy atom. The first-order chi connectivity index (χ1) is 18.3. The Morgan fingerprint density at radius 2 is 1.87 bits per heavy atom. The second kappa shape index (κ2) is 12.3. The van der Waals surface area contributed by atoms with Crippen LogP contribution in [0, 0.1) is 24.2 Å². The van der Waals surface area contributed by atoms with Gasteiger partial charge in [0, 0.05) is 31.2 Å². The number of thiocarbonyl (C=S) groups is 1. The third kappa shape index (κ3) is 5.60. The Bertz CT molecular complexity index is 1330. The number of rotatable bonds is 8. The van der Waals surface area contributed by atoms with Crippen molar-refractivity contribution in [2.45, 2.75) is 72.4 Å². The van der Waals surface area contributed by atoms with E-state index in [9.17, 15) is 14.9 Å². The first-order valence-electron chi connectivity index (χ1n) is 13.5. The van der Waals surface area contributed by atoms with Gasteiger partial charge in [-0.15, -0.1) is 0 Å². The summed E-state index contributed by atoms with van der Waals surface area (Å²) in [5, 5.41) is 9.90. The van der Waals surface area contributed by atoms with E-state index in [0.717, 1.165) is 56.6 Å². The maximum absolute atomic E-state index is 13.5. The lowest BCUT2D eigenvalue weighted by atomic mass is 9.90. The summed E-state index contributed by atoms with van der Waals surface area (Å²) >= 11 is 6.86. The van der Waals surface area contributed by atoms with Crippen molar-refractivity contribution in [1.82, 2.24) is 9.47 Å². The minimum absolute atomic E-state index is 0.0151. The average Bonchev–Trinajstić information content (AvgIpc) is 3.20. The van der Waals surface area contributed by atoms with Gasteiger partial charge in [0.15, 0.2) is 0 Å². The summed E-state index contributed by atoms with van der Waals surface area (Å²) in [5.41, 5.74) is 2.65. The highest BCUT2D eigenvalue weighted by atomic mass is 32.2. The molecule has 200 valence electrons. The maximum atomic E-state index is 13.5. The van der Waals surface area contributed by atoms with E-state index in [4.69, 9.17) is 12.2 Å². The second-order valence-electron chi connectivity index (χ2n) is 10.2. The highest BCUT2D eigenvalue weighted by Gasteiger charge is 2.36. The van der Waals surface area contributed by atoms with Gasteiger partial charge < -0.3 is 4.90 Å². The largest absolute Gasteiger partial charge is 0.357 e. The first-order valence-corrected chi connectivity index (χ1v) is 14.8. The lowest BCUT2D eigenvalue weighted by molar-refractivity contribution is -0.123. The zero-order valence-electron chi connectivity index (χ0n) is 22.7. The molecule has 0 N–H and O–H groups in total. The molecule has 2 fully saturated rings. The Morgan fingerprint density at radius 1 is 1.18 bits per heavy atom. The topological polar surface area (TPSA) is 69.3 Å². The molecule has 0 aliphatic carbocycles. The van der Waals surface area contributed by atoms with E-state index in [1.54, 1.807) is 9.47 Å². The van der Waals surface area contributed by atoms with Crippen LogP contribution in [0.15, 0.2) is 40.0 Å². The zero-order valence-corrected chi connectivity index (χ0v) is 24.3. The number of thioether (sulfide) groups is 1. The van der Waals surface area contributed by atoms with E-state index < -0.39 is 0 Å². The molecule has 0 saturated carbocycles. The van der Waals surface area contributed by atoms with Crippen LogP contribution in [-0.4, -0.2) is 38.8 Å². The molecule has 2 aliphatic rings. The van der Waals surface area contributed by atoms with Crippen LogP contribution in [-0.2, 0) is 17.8 Å². The van der Waals surface area contributed by atoms with Gasteiger partial charge in [0.2, 0.25) is 0 Å². The normalized spacial score (nSPS) is 18.3. The molecule has 0 bridgehead atoms. The quantitative estimate of drug-likeness (QED) is 0.302. The van der Waals surface area contributed by atoms with E-state index >= 15 is 0 Å².